The van der Waals surface area contributed by atoms with Gasteiger partial charge in [-0.05, 0) is 19.2 Å². The van der Waals surface area contributed by atoms with Gasteiger partial charge in [0.25, 0.3) is 0 Å². The quantitative estimate of drug-likeness (QED) is 0.632. The monoisotopic (exact) mass is 351 g/mol. The number of esters is 2. The number of methoxy groups -OCH3 is 2. The second kappa shape index (κ2) is 8.48. The highest BCUT2D eigenvalue weighted by atomic mass is 19.1. The first-order chi connectivity index (χ1) is 12.0. The Morgan fingerprint density at radius 2 is 1.84 bits per heavy atom. The van der Waals surface area contributed by atoms with Crippen LogP contribution in [0.4, 0.5) is 15.8 Å². The molecule has 0 unspecified atom stereocenters. The molecule has 7 nitrogen and oxygen atoms in total. The summed E-state index contributed by atoms with van der Waals surface area (Å²) in [7, 11) is 4.40. The first-order valence-corrected chi connectivity index (χ1v) is 7.83. The van der Waals surface area contributed by atoms with Crippen molar-refractivity contribution < 1.29 is 23.5 Å². The van der Waals surface area contributed by atoms with E-state index >= 15 is 0 Å². The second-order valence-electron chi connectivity index (χ2n) is 5.62. The maximum absolute atomic E-state index is 14.5. The normalized spacial score (nSPS) is 15.7. The van der Waals surface area contributed by atoms with E-state index in [0.717, 1.165) is 19.2 Å². The number of piperazine rings is 1. The molecule has 1 fully saturated rings. The van der Waals surface area contributed by atoms with Crippen molar-refractivity contribution in [2.45, 2.75) is 0 Å². The van der Waals surface area contributed by atoms with Crippen LogP contribution in [0, 0.1) is 5.82 Å². The SMILES string of the molecule is COC(=O)/C=C(/Nc1cccc(F)c1N1CCN(C)CC1)C(=O)OC. The highest BCUT2D eigenvalue weighted by Crippen LogP contribution is 2.31. The largest absolute Gasteiger partial charge is 0.466 e. The van der Waals surface area contributed by atoms with Gasteiger partial charge in [0.05, 0.1) is 31.7 Å². The lowest BCUT2D eigenvalue weighted by Gasteiger charge is -2.35. The lowest BCUT2D eigenvalue weighted by Crippen LogP contribution is -2.45. The molecule has 1 N–H and O–H groups in total. The van der Waals surface area contributed by atoms with E-state index in [1.165, 1.54) is 26.4 Å². The fraction of sp³-hybridized carbons (Fsp3) is 0.412. The summed E-state index contributed by atoms with van der Waals surface area (Å²) in [5, 5.41) is 2.80. The molecule has 0 bridgehead atoms. The van der Waals surface area contributed by atoms with Crippen LogP contribution in [0.1, 0.15) is 0 Å². The average molecular weight is 351 g/mol. The number of hydrogen-bond acceptors (Lipinski definition) is 7. The minimum Gasteiger partial charge on any atom is -0.466 e. The number of anilines is 2. The first kappa shape index (κ1) is 18.7. The predicted molar refractivity (Wildman–Crippen MR) is 91.8 cm³/mol. The summed E-state index contributed by atoms with van der Waals surface area (Å²) < 4.78 is 23.7. The summed E-state index contributed by atoms with van der Waals surface area (Å²) in [5.41, 5.74) is 0.607. The van der Waals surface area contributed by atoms with Crippen molar-refractivity contribution in [3.8, 4) is 0 Å². The smallest absolute Gasteiger partial charge is 0.354 e. The highest BCUT2D eigenvalue weighted by Gasteiger charge is 2.22. The zero-order valence-electron chi connectivity index (χ0n) is 14.5. The Hall–Kier alpha value is -2.61. The maximum atomic E-state index is 14.5. The van der Waals surface area contributed by atoms with E-state index in [-0.39, 0.29) is 5.70 Å². The van der Waals surface area contributed by atoms with E-state index in [0.29, 0.717) is 24.5 Å². The number of halogens is 1. The van der Waals surface area contributed by atoms with Crippen LogP contribution in [0.3, 0.4) is 0 Å². The van der Waals surface area contributed by atoms with Crippen LogP contribution in [-0.4, -0.2) is 64.3 Å². The fourth-order valence-corrected chi connectivity index (χ4v) is 2.55. The van der Waals surface area contributed by atoms with Crippen molar-refractivity contribution in [1.29, 1.82) is 0 Å². The molecule has 1 aliphatic rings. The molecule has 25 heavy (non-hydrogen) atoms. The van der Waals surface area contributed by atoms with Gasteiger partial charge in [0.15, 0.2) is 0 Å². The Bertz CT molecular complexity index is 670. The van der Waals surface area contributed by atoms with Crippen LogP contribution in [-0.2, 0) is 19.1 Å². The van der Waals surface area contributed by atoms with Crippen molar-refractivity contribution in [3.05, 3.63) is 35.8 Å². The Labute approximate surface area is 146 Å². The zero-order chi connectivity index (χ0) is 18.4. The van der Waals surface area contributed by atoms with Crippen molar-refractivity contribution in [2.75, 3.05) is 57.7 Å². The van der Waals surface area contributed by atoms with Crippen LogP contribution in [0.2, 0.25) is 0 Å². The Morgan fingerprint density at radius 1 is 1.16 bits per heavy atom. The van der Waals surface area contributed by atoms with Gasteiger partial charge in [-0.3, -0.25) is 0 Å². The molecule has 1 aromatic rings. The van der Waals surface area contributed by atoms with Crippen molar-refractivity contribution >= 4 is 23.3 Å². The molecule has 136 valence electrons. The van der Waals surface area contributed by atoms with Gasteiger partial charge in [0, 0.05) is 26.2 Å². The third-order valence-corrected chi connectivity index (χ3v) is 3.94. The number of para-hydroxylation sites is 1. The van der Waals surface area contributed by atoms with Gasteiger partial charge in [-0.15, -0.1) is 0 Å². The van der Waals surface area contributed by atoms with Crippen LogP contribution >= 0.6 is 0 Å². The molecule has 1 heterocycles. The molecule has 0 amide bonds. The number of carbonyl (C=O) groups is 2. The molecular formula is C17H22FN3O4. The second-order valence-corrected chi connectivity index (χ2v) is 5.62. The first-order valence-electron chi connectivity index (χ1n) is 7.83. The summed E-state index contributed by atoms with van der Waals surface area (Å²) in [6, 6.07) is 4.54. The zero-order valence-corrected chi connectivity index (χ0v) is 14.5. The predicted octanol–water partition coefficient (Wildman–Crippen LogP) is 1.22. The lowest BCUT2D eigenvalue weighted by molar-refractivity contribution is -0.138. The van der Waals surface area contributed by atoms with Gasteiger partial charge in [0.1, 0.15) is 11.5 Å². The Kier molecular flexibility index (Phi) is 6.35. The summed E-state index contributed by atoms with van der Waals surface area (Å²) in [4.78, 5) is 27.5. The number of likely N-dealkylation sites (N-methyl/N-ethyl adjacent to an activating group) is 1. The number of ether oxygens (including phenoxy) is 2. The van der Waals surface area contributed by atoms with Gasteiger partial charge in [-0.1, -0.05) is 6.07 Å². The third kappa shape index (κ3) is 4.69. The van der Waals surface area contributed by atoms with Crippen molar-refractivity contribution in [1.82, 2.24) is 4.90 Å². The topological polar surface area (TPSA) is 71.1 Å². The molecule has 0 aliphatic carbocycles. The summed E-state index contributed by atoms with van der Waals surface area (Å²) in [5.74, 6) is -1.87. The minimum absolute atomic E-state index is 0.129. The van der Waals surface area contributed by atoms with Gasteiger partial charge in [-0.2, -0.15) is 0 Å². The molecule has 0 radical (unpaired) electrons. The van der Waals surface area contributed by atoms with E-state index in [1.54, 1.807) is 6.07 Å². The van der Waals surface area contributed by atoms with E-state index in [2.05, 4.69) is 19.7 Å². The highest BCUT2D eigenvalue weighted by molar-refractivity contribution is 5.99. The Morgan fingerprint density at radius 3 is 2.44 bits per heavy atom. The molecule has 0 saturated carbocycles. The summed E-state index contributed by atoms with van der Waals surface area (Å²) in [6.07, 6.45) is 0.977. The van der Waals surface area contributed by atoms with Crippen LogP contribution < -0.4 is 10.2 Å². The molecular weight excluding hydrogens is 329 g/mol. The number of carbonyl (C=O) groups excluding carboxylic acids is 2. The van der Waals surface area contributed by atoms with Crippen LogP contribution in [0.5, 0.6) is 0 Å². The van der Waals surface area contributed by atoms with E-state index in [9.17, 15) is 14.0 Å². The maximum Gasteiger partial charge on any atom is 0.354 e. The van der Waals surface area contributed by atoms with Gasteiger partial charge in [0.2, 0.25) is 0 Å². The van der Waals surface area contributed by atoms with Crippen molar-refractivity contribution in [2.24, 2.45) is 0 Å². The molecule has 1 saturated heterocycles. The molecule has 0 atom stereocenters. The fourth-order valence-electron chi connectivity index (χ4n) is 2.55. The molecule has 1 aromatic carbocycles. The number of hydrogen-bond donors (Lipinski definition) is 1. The summed E-state index contributed by atoms with van der Waals surface area (Å²) in [6.45, 7) is 2.91. The van der Waals surface area contributed by atoms with E-state index < -0.39 is 17.8 Å². The molecule has 2 rings (SSSR count). The number of nitrogens with zero attached hydrogens (tertiary/aromatic N) is 2. The third-order valence-electron chi connectivity index (χ3n) is 3.94. The lowest BCUT2D eigenvalue weighted by atomic mass is 10.2. The number of benzene rings is 1. The van der Waals surface area contributed by atoms with Crippen LogP contribution in [0.25, 0.3) is 0 Å². The molecule has 8 heteroatoms. The van der Waals surface area contributed by atoms with E-state index in [4.69, 9.17) is 0 Å². The molecule has 0 aromatic heterocycles. The standard InChI is InChI=1S/C17H22FN3O4/c1-20-7-9-21(10-8-20)16-12(18)5-4-6-13(16)19-14(17(23)25-3)11-15(22)24-2/h4-6,11,19H,7-10H2,1-3H3/b14-11+. The minimum atomic E-state index is -0.751. The van der Waals surface area contributed by atoms with Crippen LogP contribution in [0.15, 0.2) is 30.0 Å². The van der Waals surface area contributed by atoms with Gasteiger partial charge in [-0.25, -0.2) is 14.0 Å². The molecule has 1 aliphatic heterocycles. The number of nitrogens with one attached hydrogen (secondary N) is 1. The van der Waals surface area contributed by atoms with E-state index in [1.807, 2.05) is 11.9 Å². The van der Waals surface area contributed by atoms with Gasteiger partial charge >= 0.3 is 11.9 Å². The summed E-state index contributed by atoms with van der Waals surface area (Å²) >= 11 is 0. The average Bonchev–Trinajstić information content (AvgIpc) is 2.61. The molecule has 0 spiro atoms. The number of rotatable bonds is 5. The van der Waals surface area contributed by atoms with Crippen molar-refractivity contribution in [3.63, 3.8) is 0 Å². The Balaban J connectivity index is 2.34. The van der Waals surface area contributed by atoms with Gasteiger partial charge < -0.3 is 24.6 Å².